The topological polar surface area (TPSA) is 47.9 Å². The summed E-state index contributed by atoms with van der Waals surface area (Å²) in [4.78, 5) is 0. The SMILES string of the molecule is Cc1cc(CO)ccc1OC/C=C/B1OC(C)(C)C(C)(C)O1. The van der Waals surface area contributed by atoms with Crippen LogP contribution < -0.4 is 4.74 Å². The van der Waals surface area contributed by atoms with Gasteiger partial charge >= 0.3 is 7.12 Å². The first-order valence-corrected chi connectivity index (χ1v) is 7.61. The molecular formula is C17H25BO4. The Hall–Kier alpha value is -1.30. The van der Waals surface area contributed by atoms with Crippen molar-refractivity contribution in [3.05, 3.63) is 41.4 Å². The van der Waals surface area contributed by atoms with Crippen molar-refractivity contribution in [1.29, 1.82) is 0 Å². The number of aryl methyl sites for hydroxylation is 1. The first kappa shape index (κ1) is 17.1. The molecule has 1 saturated heterocycles. The van der Waals surface area contributed by atoms with E-state index in [9.17, 15) is 0 Å². The minimum absolute atomic E-state index is 0.0446. The summed E-state index contributed by atoms with van der Waals surface area (Å²) < 4.78 is 17.5. The molecule has 0 spiro atoms. The smallest absolute Gasteiger partial charge is 0.486 e. The van der Waals surface area contributed by atoms with E-state index in [2.05, 4.69) is 0 Å². The largest absolute Gasteiger partial charge is 0.489 e. The van der Waals surface area contributed by atoms with Crippen LogP contribution in [0.5, 0.6) is 5.75 Å². The molecule has 0 saturated carbocycles. The van der Waals surface area contributed by atoms with Gasteiger partial charge in [0.1, 0.15) is 12.4 Å². The highest BCUT2D eigenvalue weighted by Gasteiger charge is 2.49. The fourth-order valence-electron chi connectivity index (χ4n) is 2.24. The maximum absolute atomic E-state index is 9.09. The molecule has 4 nitrogen and oxygen atoms in total. The van der Waals surface area contributed by atoms with Gasteiger partial charge in [0, 0.05) is 0 Å². The van der Waals surface area contributed by atoms with Crippen LogP contribution in [0, 0.1) is 6.92 Å². The molecule has 0 radical (unpaired) electrons. The number of rotatable bonds is 5. The summed E-state index contributed by atoms with van der Waals surface area (Å²) >= 11 is 0. The van der Waals surface area contributed by atoms with Gasteiger partial charge in [0.2, 0.25) is 0 Å². The third-order valence-corrected chi connectivity index (χ3v) is 4.32. The van der Waals surface area contributed by atoms with Gasteiger partial charge in [-0.3, -0.25) is 0 Å². The van der Waals surface area contributed by atoms with Crippen molar-refractivity contribution < 1.29 is 19.2 Å². The lowest BCUT2D eigenvalue weighted by Crippen LogP contribution is -2.41. The van der Waals surface area contributed by atoms with Gasteiger partial charge in [-0.05, 0) is 51.8 Å². The van der Waals surface area contributed by atoms with Crippen LogP contribution in [-0.2, 0) is 15.9 Å². The molecule has 2 rings (SSSR count). The third-order valence-electron chi connectivity index (χ3n) is 4.32. The zero-order chi connectivity index (χ0) is 16.4. The van der Waals surface area contributed by atoms with Gasteiger partial charge in [-0.1, -0.05) is 24.2 Å². The number of hydrogen-bond acceptors (Lipinski definition) is 4. The summed E-state index contributed by atoms with van der Waals surface area (Å²) in [6.45, 7) is 10.6. The summed E-state index contributed by atoms with van der Waals surface area (Å²) in [6, 6.07) is 5.66. The Morgan fingerprint density at radius 3 is 2.36 bits per heavy atom. The molecule has 1 heterocycles. The maximum atomic E-state index is 9.09. The molecule has 22 heavy (non-hydrogen) atoms. The van der Waals surface area contributed by atoms with Gasteiger partial charge in [0.05, 0.1) is 17.8 Å². The van der Waals surface area contributed by atoms with Gasteiger partial charge in [0.25, 0.3) is 0 Å². The zero-order valence-corrected chi connectivity index (χ0v) is 14.1. The highest BCUT2D eigenvalue weighted by Crippen LogP contribution is 2.36. The van der Waals surface area contributed by atoms with Gasteiger partial charge in [-0.2, -0.15) is 0 Å². The second-order valence-electron chi connectivity index (χ2n) is 6.62. The quantitative estimate of drug-likeness (QED) is 0.849. The average molecular weight is 304 g/mol. The summed E-state index contributed by atoms with van der Waals surface area (Å²) in [5, 5.41) is 9.09. The predicted octanol–water partition coefficient (Wildman–Crippen LogP) is 3.05. The first-order chi connectivity index (χ1) is 10.2. The van der Waals surface area contributed by atoms with Crippen LogP contribution in [0.3, 0.4) is 0 Å². The molecular weight excluding hydrogens is 279 g/mol. The van der Waals surface area contributed by atoms with Crippen LogP contribution in [0.2, 0.25) is 0 Å². The minimum Gasteiger partial charge on any atom is -0.489 e. The molecule has 1 aromatic rings. The molecule has 1 aliphatic heterocycles. The summed E-state index contributed by atoms with van der Waals surface area (Å²) in [5.74, 6) is 2.70. The summed E-state index contributed by atoms with van der Waals surface area (Å²) in [7, 11) is -0.341. The third kappa shape index (κ3) is 3.72. The van der Waals surface area contributed by atoms with Gasteiger partial charge < -0.3 is 19.2 Å². The van der Waals surface area contributed by atoms with Gasteiger partial charge in [-0.15, -0.1) is 0 Å². The molecule has 1 fully saturated rings. The monoisotopic (exact) mass is 304 g/mol. The fraction of sp³-hybridized carbons (Fsp3) is 0.529. The molecule has 0 atom stereocenters. The Kier molecular flexibility index (Phi) is 5.00. The lowest BCUT2D eigenvalue weighted by atomic mass is 9.90. The molecule has 5 heteroatoms. The highest BCUT2D eigenvalue weighted by molar-refractivity contribution is 6.51. The molecule has 1 N–H and O–H groups in total. The van der Waals surface area contributed by atoms with E-state index >= 15 is 0 Å². The van der Waals surface area contributed by atoms with E-state index in [-0.39, 0.29) is 24.9 Å². The van der Waals surface area contributed by atoms with E-state index in [0.717, 1.165) is 16.9 Å². The number of aliphatic hydroxyl groups excluding tert-OH is 1. The van der Waals surface area contributed by atoms with Gasteiger partial charge in [-0.25, -0.2) is 0 Å². The Morgan fingerprint density at radius 1 is 1.18 bits per heavy atom. The van der Waals surface area contributed by atoms with Crippen LogP contribution in [0.4, 0.5) is 0 Å². The van der Waals surface area contributed by atoms with Crippen molar-refractivity contribution in [2.45, 2.75) is 52.4 Å². The molecule has 120 valence electrons. The Morgan fingerprint density at radius 2 is 1.82 bits per heavy atom. The van der Waals surface area contributed by atoms with E-state index in [0.29, 0.717) is 6.61 Å². The molecule has 0 aliphatic carbocycles. The van der Waals surface area contributed by atoms with Crippen LogP contribution in [0.15, 0.2) is 30.3 Å². The van der Waals surface area contributed by atoms with Crippen LogP contribution in [0.25, 0.3) is 0 Å². The van der Waals surface area contributed by atoms with E-state index in [1.807, 2.05) is 64.9 Å². The van der Waals surface area contributed by atoms with Crippen molar-refractivity contribution in [2.75, 3.05) is 6.61 Å². The number of benzene rings is 1. The molecule has 0 aromatic heterocycles. The Balaban J connectivity index is 1.87. The summed E-state index contributed by atoms with van der Waals surface area (Å²) in [5.41, 5.74) is 1.26. The second-order valence-corrected chi connectivity index (χ2v) is 6.62. The summed E-state index contributed by atoms with van der Waals surface area (Å²) in [6.07, 6.45) is 1.90. The van der Waals surface area contributed by atoms with Crippen molar-refractivity contribution >= 4 is 7.12 Å². The van der Waals surface area contributed by atoms with Crippen molar-refractivity contribution in [2.24, 2.45) is 0 Å². The van der Waals surface area contributed by atoms with Crippen LogP contribution in [0.1, 0.15) is 38.8 Å². The zero-order valence-electron chi connectivity index (χ0n) is 14.1. The van der Waals surface area contributed by atoms with Crippen molar-refractivity contribution in [3.8, 4) is 5.75 Å². The van der Waals surface area contributed by atoms with Crippen LogP contribution in [-0.4, -0.2) is 30.0 Å². The van der Waals surface area contributed by atoms with E-state index < -0.39 is 0 Å². The van der Waals surface area contributed by atoms with E-state index in [4.69, 9.17) is 19.2 Å². The number of aliphatic hydroxyl groups is 1. The second kappa shape index (κ2) is 6.45. The van der Waals surface area contributed by atoms with Crippen molar-refractivity contribution in [1.82, 2.24) is 0 Å². The standard InChI is InChI=1S/C17H25BO4/c1-13-11-14(12-19)7-8-15(13)20-10-6-9-18-21-16(2,3)17(4,5)22-18/h6-9,11,19H,10,12H2,1-5H3/b9-6+. The van der Waals surface area contributed by atoms with Gasteiger partial charge in [0.15, 0.2) is 0 Å². The Bertz CT molecular complexity index is 536. The number of ether oxygens (including phenoxy) is 1. The first-order valence-electron chi connectivity index (χ1n) is 7.61. The predicted molar refractivity (Wildman–Crippen MR) is 87.8 cm³/mol. The fourth-order valence-corrected chi connectivity index (χ4v) is 2.24. The van der Waals surface area contributed by atoms with E-state index in [1.165, 1.54) is 0 Å². The average Bonchev–Trinajstić information content (AvgIpc) is 2.64. The molecule has 0 amide bonds. The molecule has 0 unspecified atom stereocenters. The van der Waals surface area contributed by atoms with E-state index in [1.54, 1.807) is 0 Å². The lowest BCUT2D eigenvalue weighted by molar-refractivity contribution is 0.00578. The molecule has 1 aliphatic rings. The Labute approximate surface area is 133 Å². The lowest BCUT2D eigenvalue weighted by Gasteiger charge is -2.32. The molecule has 0 bridgehead atoms. The van der Waals surface area contributed by atoms with Crippen LogP contribution >= 0.6 is 0 Å². The molecule has 1 aromatic carbocycles. The minimum atomic E-state index is -0.341. The normalized spacial score (nSPS) is 19.8. The maximum Gasteiger partial charge on any atom is 0.486 e. The van der Waals surface area contributed by atoms with Crippen molar-refractivity contribution in [3.63, 3.8) is 0 Å². The highest BCUT2D eigenvalue weighted by atomic mass is 16.7. The number of hydrogen-bond donors (Lipinski definition) is 1.